The average molecular weight is 730 g/mol. The van der Waals surface area contributed by atoms with Gasteiger partial charge in [-0.15, -0.1) is 0 Å². The lowest BCUT2D eigenvalue weighted by molar-refractivity contribution is 0.360. The van der Waals surface area contributed by atoms with Gasteiger partial charge in [0.1, 0.15) is 0 Å². The van der Waals surface area contributed by atoms with Gasteiger partial charge in [0.05, 0.1) is 5.41 Å². The minimum atomic E-state index is -0.565. The number of aromatic nitrogens is 3. The molecule has 1 spiro atoms. The van der Waals surface area contributed by atoms with Crippen LogP contribution in [0.3, 0.4) is 0 Å². The van der Waals surface area contributed by atoms with Gasteiger partial charge in [0, 0.05) is 22.3 Å². The van der Waals surface area contributed by atoms with Crippen molar-refractivity contribution in [3.8, 4) is 90.5 Å². The SMILES string of the molecule is c1ccc(-c2nc(-c3ccccc3)nc(-c3cccc(-c4ccc5c(c4)C4(c6ccccc6-c6ccccc64)c4ccc6c(c4-5)Oc4ccccc4O6)c3)n2)cc1. The second-order valence-electron chi connectivity index (χ2n) is 14.7. The third-order valence-corrected chi connectivity index (χ3v) is 11.6. The molecule has 1 aromatic heterocycles. The van der Waals surface area contributed by atoms with E-state index in [1.54, 1.807) is 0 Å². The van der Waals surface area contributed by atoms with Gasteiger partial charge in [-0.3, -0.25) is 0 Å². The fraction of sp³-hybridized carbons (Fsp3) is 0.0192. The Morgan fingerprint density at radius 2 is 0.842 bits per heavy atom. The normalized spacial score (nSPS) is 13.3. The van der Waals surface area contributed by atoms with Crippen LogP contribution in [0.25, 0.3) is 67.5 Å². The van der Waals surface area contributed by atoms with Gasteiger partial charge in [-0.25, -0.2) is 15.0 Å². The first-order valence-electron chi connectivity index (χ1n) is 19.2. The zero-order valence-corrected chi connectivity index (χ0v) is 30.6. The van der Waals surface area contributed by atoms with Crippen molar-refractivity contribution in [2.75, 3.05) is 0 Å². The van der Waals surface area contributed by atoms with Crippen LogP contribution in [0, 0.1) is 0 Å². The average Bonchev–Trinajstić information content (AvgIpc) is 3.76. The van der Waals surface area contributed by atoms with Crippen molar-refractivity contribution >= 4 is 0 Å². The molecule has 9 aromatic rings. The molecule has 0 saturated heterocycles. The molecule has 0 saturated carbocycles. The summed E-state index contributed by atoms with van der Waals surface area (Å²) < 4.78 is 13.3. The molecule has 0 N–H and O–H groups in total. The summed E-state index contributed by atoms with van der Waals surface area (Å²) in [6.07, 6.45) is 0. The highest BCUT2D eigenvalue weighted by Gasteiger charge is 2.53. The molecule has 3 aliphatic rings. The molecule has 0 amide bonds. The molecule has 0 atom stereocenters. The van der Waals surface area contributed by atoms with E-state index in [1.807, 2.05) is 84.9 Å². The van der Waals surface area contributed by atoms with Crippen molar-refractivity contribution < 1.29 is 9.47 Å². The summed E-state index contributed by atoms with van der Waals surface area (Å²) in [6, 6.07) is 65.5. The first-order valence-corrected chi connectivity index (χ1v) is 19.2. The standard InChI is InChI=1S/C52H31N3O2/c1-3-14-32(15-4-1)49-53-50(33-16-5-2-6-17-33)55-51(54-49)36-19-13-18-34(30-36)35-26-27-39-43(31-35)52(40-22-9-7-20-37(40)38-21-8-10-23-41(38)52)42-28-29-46-48(47(39)42)57-45-25-12-11-24-44(45)56-46/h1-31H. The first-order chi connectivity index (χ1) is 28.2. The topological polar surface area (TPSA) is 57.1 Å². The van der Waals surface area contributed by atoms with Crippen LogP contribution in [-0.2, 0) is 5.41 Å². The fourth-order valence-electron chi connectivity index (χ4n) is 9.16. The second-order valence-corrected chi connectivity index (χ2v) is 14.7. The van der Waals surface area contributed by atoms with E-state index in [4.69, 9.17) is 24.4 Å². The Kier molecular flexibility index (Phi) is 6.78. The zero-order valence-electron chi connectivity index (χ0n) is 30.6. The van der Waals surface area contributed by atoms with E-state index in [-0.39, 0.29) is 0 Å². The van der Waals surface area contributed by atoms with Crippen LogP contribution in [0.2, 0.25) is 0 Å². The maximum atomic E-state index is 6.77. The number of fused-ring (bicyclic) bond motifs is 13. The Bertz CT molecular complexity index is 2980. The van der Waals surface area contributed by atoms with Crippen LogP contribution in [0.5, 0.6) is 23.0 Å². The van der Waals surface area contributed by atoms with Gasteiger partial charge in [0.25, 0.3) is 0 Å². The Hall–Kier alpha value is -7.63. The van der Waals surface area contributed by atoms with E-state index in [1.165, 1.54) is 33.4 Å². The van der Waals surface area contributed by atoms with Crippen LogP contribution >= 0.6 is 0 Å². The number of benzene rings is 8. The molecular formula is C52H31N3O2. The maximum Gasteiger partial charge on any atom is 0.178 e. The highest BCUT2D eigenvalue weighted by molar-refractivity contribution is 5.98. The smallest absolute Gasteiger partial charge is 0.178 e. The lowest BCUT2D eigenvalue weighted by Crippen LogP contribution is -2.26. The Morgan fingerprint density at radius 1 is 0.316 bits per heavy atom. The molecular weight excluding hydrogens is 699 g/mol. The first kappa shape index (κ1) is 31.7. The number of hydrogen-bond donors (Lipinski definition) is 0. The molecule has 12 rings (SSSR count). The highest BCUT2D eigenvalue weighted by atomic mass is 16.6. The lowest BCUT2D eigenvalue weighted by Gasteiger charge is -2.31. The van der Waals surface area contributed by atoms with E-state index in [2.05, 4.69) is 103 Å². The summed E-state index contributed by atoms with van der Waals surface area (Å²) >= 11 is 0. The molecule has 2 aliphatic carbocycles. The highest BCUT2D eigenvalue weighted by Crippen LogP contribution is 2.66. The largest absolute Gasteiger partial charge is 0.449 e. The predicted molar refractivity (Wildman–Crippen MR) is 224 cm³/mol. The molecule has 2 heterocycles. The molecule has 57 heavy (non-hydrogen) atoms. The number of hydrogen-bond acceptors (Lipinski definition) is 5. The van der Waals surface area contributed by atoms with Crippen LogP contribution < -0.4 is 9.47 Å². The summed E-state index contributed by atoms with van der Waals surface area (Å²) in [5.74, 6) is 4.79. The van der Waals surface area contributed by atoms with Gasteiger partial charge < -0.3 is 9.47 Å². The summed E-state index contributed by atoms with van der Waals surface area (Å²) in [5.41, 5.74) is 14.0. The lowest BCUT2D eigenvalue weighted by atomic mass is 9.70. The van der Waals surface area contributed by atoms with E-state index in [9.17, 15) is 0 Å². The van der Waals surface area contributed by atoms with Gasteiger partial charge in [-0.2, -0.15) is 0 Å². The van der Waals surface area contributed by atoms with Crippen LogP contribution in [0.15, 0.2) is 188 Å². The quantitative estimate of drug-likeness (QED) is 0.180. The van der Waals surface area contributed by atoms with E-state index >= 15 is 0 Å². The van der Waals surface area contributed by atoms with Crippen molar-refractivity contribution in [1.82, 2.24) is 15.0 Å². The molecule has 8 aromatic carbocycles. The summed E-state index contributed by atoms with van der Waals surface area (Å²) in [6.45, 7) is 0. The number of ether oxygens (including phenoxy) is 2. The van der Waals surface area contributed by atoms with Crippen molar-refractivity contribution in [3.63, 3.8) is 0 Å². The van der Waals surface area contributed by atoms with Crippen molar-refractivity contribution in [2.24, 2.45) is 0 Å². The Balaban J connectivity index is 1.06. The summed E-state index contributed by atoms with van der Waals surface area (Å²) in [5, 5.41) is 0. The van der Waals surface area contributed by atoms with Crippen molar-refractivity contribution in [3.05, 3.63) is 210 Å². The van der Waals surface area contributed by atoms with E-state index in [0.29, 0.717) is 29.0 Å². The van der Waals surface area contributed by atoms with Crippen LogP contribution in [0.4, 0.5) is 0 Å². The minimum Gasteiger partial charge on any atom is -0.449 e. The van der Waals surface area contributed by atoms with Gasteiger partial charge in [0.2, 0.25) is 0 Å². The third-order valence-electron chi connectivity index (χ3n) is 11.6. The molecule has 1 aliphatic heterocycles. The Morgan fingerprint density at radius 3 is 1.51 bits per heavy atom. The van der Waals surface area contributed by atoms with Crippen LogP contribution in [-0.4, -0.2) is 15.0 Å². The van der Waals surface area contributed by atoms with Gasteiger partial charge in [-0.1, -0.05) is 158 Å². The molecule has 266 valence electrons. The van der Waals surface area contributed by atoms with Crippen LogP contribution in [0.1, 0.15) is 22.3 Å². The number of nitrogens with zero attached hydrogens (tertiary/aromatic N) is 3. The predicted octanol–water partition coefficient (Wildman–Crippen LogP) is 12.8. The summed E-state index contributed by atoms with van der Waals surface area (Å²) in [7, 11) is 0. The monoisotopic (exact) mass is 729 g/mol. The Labute approximate surface area is 329 Å². The van der Waals surface area contributed by atoms with Gasteiger partial charge in [0.15, 0.2) is 40.5 Å². The fourth-order valence-corrected chi connectivity index (χ4v) is 9.16. The second kappa shape index (κ2) is 12.2. The molecule has 0 unspecified atom stereocenters. The van der Waals surface area contributed by atoms with Crippen molar-refractivity contribution in [1.29, 1.82) is 0 Å². The van der Waals surface area contributed by atoms with E-state index < -0.39 is 5.41 Å². The third kappa shape index (κ3) is 4.66. The molecule has 0 radical (unpaired) electrons. The molecule has 5 nitrogen and oxygen atoms in total. The molecule has 0 fully saturated rings. The number of para-hydroxylation sites is 2. The van der Waals surface area contributed by atoms with Gasteiger partial charge in [-0.05, 0) is 80.4 Å². The van der Waals surface area contributed by atoms with E-state index in [0.717, 1.165) is 50.4 Å². The molecule has 0 bridgehead atoms. The minimum absolute atomic E-state index is 0.565. The molecule has 5 heteroatoms. The maximum absolute atomic E-state index is 6.77. The van der Waals surface area contributed by atoms with Gasteiger partial charge >= 0.3 is 0 Å². The zero-order chi connectivity index (χ0) is 37.5. The van der Waals surface area contributed by atoms with Crippen molar-refractivity contribution in [2.45, 2.75) is 5.41 Å². The summed E-state index contributed by atoms with van der Waals surface area (Å²) in [4.78, 5) is 15.0. The number of rotatable bonds is 4.